The average Bonchev–Trinajstić information content (AvgIpc) is 2.60. The number of nitrogens with one attached hydrogen (secondary N) is 2. The molecule has 0 bridgehead atoms. The van der Waals surface area contributed by atoms with Crippen LogP contribution in [-0.2, 0) is 11.2 Å². The lowest BCUT2D eigenvalue weighted by Gasteiger charge is -2.09. The van der Waals surface area contributed by atoms with Crippen molar-refractivity contribution in [3.05, 3.63) is 64.1 Å². The van der Waals surface area contributed by atoms with Gasteiger partial charge in [-0.15, -0.1) is 0 Å². The molecule has 6 heteroatoms. The van der Waals surface area contributed by atoms with Crippen molar-refractivity contribution < 1.29 is 9.59 Å². The van der Waals surface area contributed by atoms with Crippen molar-refractivity contribution in [2.24, 2.45) is 5.10 Å². The van der Waals surface area contributed by atoms with Crippen molar-refractivity contribution in [2.75, 3.05) is 5.32 Å². The largest absolute Gasteiger partial charge is 0.326 e. The third kappa shape index (κ3) is 5.83. The second kappa shape index (κ2) is 9.13. The Hall–Kier alpha value is -2.47. The van der Waals surface area contributed by atoms with E-state index in [1.54, 1.807) is 31.2 Å². The molecule has 0 unspecified atom stereocenters. The van der Waals surface area contributed by atoms with Gasteiger partial charge in [-0.05, 0) is 49.2 Å². The van der Waals surface area contributed by atoms with Crippen molar-refractivity contribution >= 4 is 39.1 Å². The van der Waals surface area contributed by atoms with E-state index in [1.165, 1.54) is 0 Å². The molecule has 0 spiro atoms. The molecule has 0 saturated heterocycles. The Morgan fingerprint density at radius 3 is 2.44 bits per heavy atom. The summed E-state index contributed by atoms with van der Waals surface area (Å²) in [5.74, 6) is -0.483. The van der Waals surface area contributed by atoms with Gasteiger partial charge in [0.2, 0.25) is 5.91 Å². The Morgan fingerprint density at radius 1 is 1.08 bits per heavy atom. The highest BCUT2D eigenvalue weighted by Crippen LogP contribution is 2.15. The first-order valence-electron chi connectivity index (χ1n) is 7.96. The van der Waals surface area contributed by atoms with E-state index in [1.807, 2.05) is 31.2 Å². The lowest BCUT2D eigenvalue weighted by atomic mass is 10.1. The average molecular weight is 402 g/mol. The van der Waals surface area contributed by atoms with E-state index in [0.717, 1.165) is 22.1 Å². The van der Waals surface area contributed by atoms with Crippen LogP contribution in [0.2, 0.25) is 0 Å². The normalized spacial score (nSPS) is 11.1. The van der Waals surface area contributed by atoms with Gasteiger partial charge in [-0.3, -0.25) is 9.59 Å². The summed E-state index contributed by atoms with van der Waals surface area (Å²) in [7, 11) is 0. The number of aryl methyl sites for hydroxylation is 1. The summed E-state index contributed by atoms with van der Waals surface area (Å²) in [6.45, 7) is 3.74. The van der Waals surface area contributed by atoms with Crippen LogP contribution in [-0.4, -0.2) is 17.5 Å². The number of hydrogen-bond acceptors (Lipinski definition) is 3. The fourth-order valence-corrected chi connectivity index (χ4v) is 2.49. The van der Waals surface area contributed by atoms with Gasteiger partial charge >= 0.3 is 0 Å². The van der Waals surface area contributed by atoms with E-state index in [4.69, 9.17) is 0 Å². The van der Waals surface area contributed by atoms with Gasteiger partial charge in [-0.2, -0.15) is 5.10 Å². The molecule has 130 valence electrons. The maximum atomic E-state index is 12.1. The molecule has 2 N–H and O–H groups in total. The van der Waals surface area contributed by atoms with Crippen molar-refractivity contribution in [1.82, 2.24) is 5.43 Å². The van der Waals surface area contributed by atoms with Crippen LogP contribution in [0.15, 0.2) is 58.1 Å². The van der Waals surface area contributed by atoms with Gasteiger partial charge in [0.15, 0.2) is 0 Å². The van der Waals surface area contributed by atoms with Crippen molar-refractivity contribution in [2.45, 2.75) is 26.7 Å². The van der Waals surface area contributed by atoms with Crippen LogP contribution < -0.4 is 10.7 Å². The van der Waals surface area contributed by atoms with E-state index >= 15 is 0 Å². The molecular formula is C19H20BrN3O2. The molecule has 2 aromatic carbocycles. The Labute approximate surface area is 155 Å². The number of carbonyl (C=O) groups is 2. The zero-order valence-electron chi connectivity index (χ0n) is 14.2. The van der Waals surface area contributed by atoms with Crippen molar-refractivity contribution in [3.8, 4) is 0 Å². The van der Waals surface area contributed by atoms with Gasteiger partial charge in [0.05, 0.1) is 6.42 Å². The van der Waals surface area contributed by atoms with Gasteiger partial charge < -0.3 is 5.32 Å². The quantitative estimate of drug-likeness (QED) is 0.563. The predicted octanol–water partition coefficient (Wildman–Crippen LogP) is 4.15. The maximum absolute atomic E-state index is 12.1. The first-order chi connectivity index (χ1) is 12.0. The molecule has 0 radical (unpaired) electrons. The van der Waals surface area contributed by atoms with Crippen molar-refractivity contribution in [1.29, 1.82) is 0 Å². The number of rotatable bonds is 6. The van der Waals surface area contributed by atoms with Crippen LogP contribution in [0.3, 0.4) is 0 Å². The number of carbonyl (C=O) groups excluding carboxylic acids is 2. The highest BCUT2D eigenvalue weighted by Gasteiger charge is 2.08. The maximum Gasteiger partial charge on any atom is 0.271 e. The first kappa shape index (κ1) is 18.9. The number of nitrogens with zero attached hydrogens (tertiary/aromatic N) is 1. The Bertz CT molecular complexity index is 786. The van der Waals surface area contributed by atoms with Gasteiger partial charge in [-0.25, -0.2) is 5.43 Å². The molecule has 0 atom stereocenters. The van der Waals surface area contributed by atoms with Crippen LogP contribution in [0, 0.1) is 0 Å². The van der Waals surface area contributed by atoms with E-state index in [-0.39, 0.29) is 18.2 Å². The predicted molar refractivity (Wildman–Crippen MR) is 104 cm³/mol. The van der Waals surface area contributed by atoms with E-state index in [9.17, 15) is 9.59 Å². The zero-order valence-corrected chi connectivity index (χ0v) is 15.8. The zero-order chi connectivity index (χ0) is 18.2. The van der Waals surface area contributed by atoms with E-state index in [2.05, 4.69) is 31.8 Å². The lowest BCUT2D eigenvalue weighted by molar-refractivity contribution is -0.115. The van der Waals surface area contributed by atoms with Crippen LogP contribution in [0.25, 0.3) is 0 Å². The van der Waals surface area contributed by atoms with Crippen LogP contribution in [0.5, 0.6) is 0 Å². The van der Waals surface area contributed by atoms with Gasteiger partial charge in [0.25, 0.3) is 5.91 Å². The molecule has 2 amide bonds. The molecule has 0 fully saturated rings. The Balaban J connectivity index is 1.90. The van der Waals surface area contributed by atoms with Crippen LogP contribution in [0.4, 0.5) is 5.69 Å². The highest BCUT2D eigenvalue weighted by atomic mass is 79.9. The summed E-state index contributed by atoms with van der Waals surface area (Å²) in [6, 6.07) is 14.6. The molecular weight excluding hydrogens is 382 g/mol. The minimum atomic E-state index is -0.316. The highest BCUT2D eigenvalue weighted by molar-refractivity contribution is 9.10. The molecule has 25 heavy (non-hydrogen) atoms. The lowest BCUT2D eigenvalue weighted by Crippen LogP contribution is -2.21. The van der Waals surface area contributed by atoms with Gasteiger partial charge in [0, 0.05) is 21.4 Å². The molecule has 0 heterocycles. The van der Waals surface area contributed by atoms with E-state index in [0.29, 0.717) is 11.3 Å². The smallest absolute Gasteiger partial charge is 0.271 e. The summed E-state index contributed by atoms with van der Waals surface area (Å²) < 4.78 is 0.896. The molecule has 0 aliphatic rings. The molecule has 0 aliphatic carbocycles. The van der Waals surface area contributed by atoms with Gasteiger partial charge in [0.1, 0.15) is 0 Å². The second-order valence-electron chi connectivity index (χ2n) is 5.53. The van der Waals surface area contributed by atoms with E-state index < -0.39 is 0 Å². The fraction of sp³-hybridized carbons (Fsp3) is 0.211. The standard InChI is InChI=1S/C19H20BrN3O2/c1-3-14-6-4-5-7-17(14)21-18(24)12-13(2)22-23-19(25)15-8-10-16(20)11-9-15/h4-11H,3,12H2,1-2H3,(H,21,24)(H,23,25)/b22-13+. The molecule has 2 aromatic rings. The first-order valence-corrected chi connectivity index (χ1v) is 8.75. The Kier molecular flexibility index (Phi) is 6.89. The molecule has 5 nitrogen and oxygen atoms in total. The third-order valence-corrected chi connectivity index (χ3v) is 4.07. The second-order valence-corrected chi connectivity index (χ2v) is 6.45. The minimum Gasteiger partial charge on any atom is -0.326 e. The van der Waals surface area contributed by atoms with Crippen LogP contribution in [0.1, 0.15) is 36.2 Å². The number of benzene rings is 2. The summed E-state index contributed by atoms with van der Waals surface area (Å²) in [5, 5.41) is 6.87. The molecule has 0 aromatic heterocycles. The molecule has 0 saturated carbocycles. The van der Waals surface area contributed by atoms with Crippen molar-refractivity contribution in [3.63, 3.8) is 0 Å². The SMILES string of the molecule is CCc1ccccc1NC(=O)C/C(C)=N/NC(=O)c1ccc(Br)cc1. The number of hydrogen-bond donors (Lipinski definition) is 2. The monoisotopic (exact) mass is 401 g/mol. The summed E-state index contributed by atoms with van der Waals surface area (Å²) in [4.78, 5) is 24.1. The number of hydrazone groups is 1. The summed E-state index contributed by atoms with van der Waals surface area (Å²) in [6.07, 6.45) is 0.950. The summed E-state index contributed by atoms with van der Waals surface area (Å²) >= 11 is 3.32. The number of amides is 2. The number of para-hydroxylation sites is 1. The number of anilines is 1. The summed E-state index contributed by atoms with van der Waals surface area (Å²) in [5.41, 5.74) is 5.37. The van der Waals surface area contributed by atoms with Gasteiger partial charge in [-0.1, -0.05) is 41.1 Å². The fourth-order valence-electron chi connectivity index (χ4n) is 2.23. The number of halogens is 1. The minimum absolute atomic E-state index is 0.110. The molecule has 2 rings (SSSR count). The topological polar surface area (TPSA) is 70.6 Å². The third-order valence-electron chi connectivity index (χ3n) is 3.54. The molecule has 0 aliphatic heterocycles. The van der Waals surface area contributed by atoms with Crippen LogP contribution >= 0.6 is 15.9 Å². The Morgan fingerprint density at radius 2 is 1.76 bits per heavy atom.